The molecule has 7 nitrogen and oxygen atoms in total. The number of rotatable bonds is 6. The minimum Gasteiger partial charge on any atom is -0.488 e. The first-order valence-electron chi connectivity index (χ1n) is 10.0. The molecule has 1 aliphatic rings. The van der Waals surface area contributed by atoms with Crippen molar-refractivity contribution in [3.8, 4) is 5.75 Å². The van der Waals surface area contributed by atoms with E-state index >= 15 is 0 Å². The Kier molecular flexibility index (Phi) is 6.20. The molecule has 1 fully saturated rings. The van der Waals surface area contributed by atoms with E-state index in [0.29, 0.717) is 23.6 Å². The molecule has 30 heavy (non-hydrogen) atoms. The predicted molar refractivity (Wildman–Crippen MR) is 115 cm³/mol. The molecule has 154 valence electrons. The lowest BCUT2D eigenvalue weighted by atomic mass is 10.1. The van der Waals surface area contributed by atoms with E-state index in [9.17, 15) is 9.90 Å². The standard InChI is InChI=1S/C23H24N4O3/c28-20-9-12-27(13-10-20)19-6-7-22(30-16-17-4-2-1-3-5-17)21(14-19)23(29)26-18-8-11-24-25-15-18/h1-8,11,14-15,20,28H,9-10,12-13,16H2,(H,24,26,29). The Morgan fingerprint density at radius 1 is 1.10 bits per heavy atom. The number of piperidine rings is 1. The normalized spacial score (nSPS) is 14.4. The summed E-state index contributed by atoms with van der Waals surface area (Å²) in [5.74, 6) is 0.240. The van der Waals surface area contributed by atoms with Gasteiger partial charge in [-0.05, 0) is 42.7 Å². The summed E-state index contributed by atoms with van der Waals surface area (Å²) in [5.41, 5.74) is 2.98. The number of aliphatic hydroxyl groups is 1. The van der Waals surface area contributed by atoms with Crippen LogP contribution in [0.3, 0.4) is 0 Å². The molecule has 2 heterocycles. The Hall–Kier alpha value is -3.45. The topological polar surface area (TPSA) is 87.6 Å². The van der Waals surface area contributed by atoms with Gasteiger partial charge in [-0.1, -0.05) is 30.3 Å². The van der Waals surface area contributed by atoms with Crippen molar-refractivity contribution in [3.63, 3.8) is 0 Å². The van der Waals surface area contributed by atoms with E-state index in [1.807, 2.05) is 48.5 Å². The maximum Gasteiger partial charge on any atom is 0.259 e. The van der Waals surface area contributed by atoms with E-state index in [1.54, 1.807) is 6.07 Å². The highest BCUT2D eigenvalue weighted by atomic mass is 16.5. The third kappa shape index (κ3) is 4.93. The molecule has 1 amide bonds. The van der Waals surface area contributed by atoms with Gasteiger partial charge in [-0.25, -0.2) is 0 Å². The van der Waals surface area contributed by atoms with Gasteiger partial charge in [-0.15, -0.1) is 0 Å². The van der Waals surface area contributed by atoms with Crippen molar-refractivity contribution in [3.05, 3.63) is 78.1 Å². The molecular formula is C23H24N4O3. The van der Waals surface area contributed by atoms with Crippen molar-refractivity contribution in [2.24, 2.45) is 0 Å². The molecule has 3 aromatic rings. The third-order valence-corrected chi connectivity index (χ3v) is 5.12. The number of amides is 1. The summed E-state index contributed by atoms with van der Waals surface area (Å²) in [7, 11) is 0. The number of benzene rings is 2. The van der Waals surface area contributed by atoms with Crippen LogP contribution in [0.5, 0.6) is 5.75 Å². The van der Waals surface area contributed by atoms with Crippen LogP contribution in [0.15, 0.2) is 67.0 Å². The lowest BCUT2D eigenvalue weighted by molar-refractivity contribution is 0.102. The predicted octanol–water partition coefficient (Wildman–Crippen LogP) is 3.27. The van der Waals surface area contributed by atoms with Gasteiger partial charge in [0.05, 0.1) is 29.7 Å². The molecular weight excluding hydrogens is 380 g/mol. The number of hydrogen-bond acceptors (Lipinski definition) is 6. The zero-order valence-electron chi connectivity index (χ0n) is 16.6. The van der Waals surface area contributed by atoms with Crippen LogP contribution < -0.4 is 15.0 Å². The van der Waals surface area contributed by atoms with E-state index in [4.69, 9.17) is 4.74 Å². The molecule has 1 saturated heterocycles. The van der Waals surface area contributed by atoms with Crippen LogP contribution >= 0.6 is 0 Å². The summed E-state index contributed by atoms with van der Waals surface area (Å²) in [6.07, 6.45) is 4.21. The number of carbonyl (C=O) groups is 1. The fourth-order valence-electron chi connectivity index (χ4n) is 3.44. The maximum absolute atomic E-state index is 13.0. The van der Waals surface area contributed by atoms with Gasteiger partial charge in [0.2, 0.25) is 0 Å². The SMILES string of the molecule is O=C(Nc1ccnnc1)c1cc(N2CCC(O)CC2)ccc1OCc1ccccc1. The lowest BCUT2D eigenvalue weighted by Crippen LogP contribution is -2.35. The molecule has 0 saturated carbocycles. The van der Waals surface area contributed by atoms with E-state index in [1.165, 1.54) is 12.4 Å². The van der Waals surface area contributed by atoms with Crippen molar-refractivity contribution in [1.29, 1.82) is 0 Å². The molecule has 7 heteroatoms. The number of aromatic nitrogens is 2. The monoisotopic (exact) mass is 404 g/mol. The summed E-state index contributed by atoms with van der Waals surface area (Å²) in [5, 5.41) is 20.2. The van der Waals surface area contributed by atoms with Crippen molar-refractivity contribution in [2.75, 3.05) is 23.3 Å². The summed E-state index contributed by atoms with van der Waals surface area (Å²) in [6, 6.07) is 17.2. The van der Waals surface area contributed by atoms with Crippen LogP contribution in [0.25, 0.3) is 0 Å². The first-order valence-corrected chi connectivity index (χ1v) is 10.0. The molecule has 0 radical (unpaired) electrons. The number of anilines is 2. The molecule has 0 bridgehead atoms. The summed E-state index contributed by atoms with van der Waals surface area (Å²) < 4.78 is 5.99. The molecule has 0 aliphatic carbocycles. The minimum absolute atomic E-state index is 0.253. The van der Waals surface area contributed by atoms with Crippen molar-refractivity contribution in [1.82, 2.24) is 10.2 Å². The number of ether oxygens (including phenoxy) is 1. The summed E-state index contributed by atoms with van der Waals surface area (Å²) in [4.78, 5) is 15.2. The number of nitrogens with one attached hydrogen (secondary N) is 1. The average Bonchev–Trinajstić information content (AvgIpc) is 2.79. The van der Waals surface area contributed by atoms with Crippen LogP contribution in [0.1, 0.15) is 28.8 Å². The fourth-order valence-corrected chi connectivity index (χ4v) is 3.44. The Balaban J connectivity index is 1.58. The largest absolute Gasteiger partial charge is 0.488 e. The highest BCUT2D eigenvalue weighted by Gasteiger charge is 2.20. The van der Waals surface area contributed by atoms with Gasteiger partial charge in [0.25, 0.3) is 5.91 Å². The zero-order valence-corrected chi connectivity index (χ0v) is 16.6. The summed E-state index contributed by atoms with van der Waals surface area (Å²) >= 11 is 0. The quantitative estimate of drug-likeness (QED) is 0.656. The maximum atomic E-state index is 13.0. The van der Waals surface area contributed by atoms with Crippen LogP contribution in [-0.4, -0.2) is 40.4 Å². The molecule has 2 N–H and O–H groups in total. The Morgan fingerprint density at radius 2 is 1.90 bits per heavy atom. The zero-order chi connectivity index (χ0) is 20.8. The smallest absolute Gasteiger partial charge is 0.259 e. The van der Waals surface area contributed by atoms with Gasteiger partial charge in [0.1, 0.15) is 12.4 Å². The van der Waals surface area contributed by atoms with E-state index in [0.717, 1.165) is 37.2 Å². The highest BCUT2D eigenvalue weighted by Crippen LogP contribution is 2.28. The minimum atomic E-state index is -0.273. The van der Waals surface area contributed by atoms with Crippen LogP contribution in [0, 0.1) is 0 Å². The molecule has 1 aliphatic heterocycles. The van der Waals surface area contributed by atoms with E-state index in [2.05, 4.69) is 20.4 Å². The van der Waals surface area contributed by atoms with Crippen LogP contribution in [0.4, 0.5) is 11.4 Å². The van der Waals surface area contributed by atoms with Crippen molar-refractivity contribution >= 4 is 17.3 Å². The van der Waals surface area contributed by atoms with Gasteiger partial charge in [0.15, 0.2) is 0 Å². The first kappa shape index (κ1) is 19.8. The lowest BCUT2D eigenvalue weighted by Gasteiger charge is -2.31. The highest BCUT2D eigenvalue weighted by molar-refractivity contribution is 6.06. The van der Waals surface area contributed by atoms with Crippen LogP contribution in [0.2, 0.25) is 0 Å². The van der Waals surface area contributed by atoms with Gasteiger partial charge < -0.3 is 20.1 Å². The van der Waals surface area contributed by atoms with Crippen molar-refractivity contribution < 1.29 is 14.6 Å². The Bertz CT molecular complexity index is 974. The number of carbonyl (C=O) groups excluding carboxylic acids is 1. The second kappa shape index (κ2) is 9.37. The second-order valence-corrected chi connectivity index (χ2v) is 7.26. The van der Waals surface area contributed by atoms with Gasteiger partial charge >= 0.3 is 0 Å². The van der Waals surface area contributed by atoms with Gasteiger partial charge in [0, 0.05) is 18.8 Å². The Morgan fingerprint density at radius 3 is 2.63 bits per heavy atom. The van der Waals surface area contributed by atoms with E-state index in [-0.39, 0.29) is 12.0 Å². The van der Waals surface area contributed by atoms with Crippen molar-refractivity contribution in [2.45, 2.75) is 25.6 Å². The number of aliphatic hydroxyl groups excluding tert-OH is 1. The molecule has 0 unspecified atom stereocenters. The van der Waals surface area contributed by atoms with E-state index < -0.39 is 0 Å². The van der Waals surface area contributed by atoms with Crippen LogP contribution in [-0.2, 0) is 6.61 Å². The third-order valence-electron chi connectivity index (χ3n) is 5.12. The Labute approximate surface area is 175 Å². The molecule has 1 aromatic heterocycles. The second-order valence-electron chi connectivity index (χ2n) is 7.26. The average molecular weight is 404 g/mol. The number of hydrogen-bond donors (Lipinski definition) is 2. The number of nitrogens with zero attached hydrogens (tertiary/aromatic N) is 3. The molecule has 0 atom stereocenters. The molecule has 0 spiro atoms. The summed E-state index contributed by atoms with van der Waals surface area (Å²) in [6.45, 7) is 1.87. The van der Waals surface area contributed by atoms with Gasteiger partial charge in [-0.2, -0.15) is 10.2 Å². The van der Waals surface area contributed by atoms with Gasteiger partial charge in [-0.3, -0.25) is 4.79 Å². The first-order chi connectivity index (χ1) is 14.7. The molecule has 2 aromatic carbocycles. The fraction of sp³-hybridized carbons (Fsp3) is 0.261. The molecule has 4 rings (SSSR count).